The summed E-state index contributed by atoms with van der Waals surface area (Å²) in [6, 6.07) is 3.00. The van der Waals surface area contributed by atoms with Crippen molar-refractivity contribution >= 4 is 26.5 Å². The maximum atomic E-state index is 11.4. The van der Waals surface area contributed by atoms with Crippen molar-refractivity contribution in [2.75, 3.05) is 12.4 Å². The molecule has 0 bridgehead atoms. The molecule has 0 spiro atoms. The van der Waals surface area contributed by atoms with Gasteiger partial charge in [0.15, 0.2) is 0 Å². The zero-order chi connectivity index (χ0) is 12.3. The molecule has 2 aromatic heterocycles. The van der Waals surface area contributed by atoms with Crippen LogP contribution in [0.2, 0.25) is 0 Å². The van der Waals surface area contributed by atoms with Gasteiger partial charge in [0.1, 0.15) is 11.3 Å². The second-order valence-corrected chi connectivity index (χ2v) is 5.68. The third kappa shape index (κ3) is 2.81. The Kier molecular flexibility index (Phi) is 3.41. The molecule has 0 fully saturated rings. The topological polar surface area (TPSA) is 97.1 Å². The highest BCUT2D eigenvalue weighted by molar-refractivity contribution is 7.89. The minimum Gasteiger partial charge on any atom is -0.446 e. The van der Waals surface area contributed by atoms with Gasteiger partial charge in [-0.05, 0) is 19.2 Å². The van der Waals surface area contributed by atoms with Crippen molar-refractivity contribution < 1.29 is 12.8 Å². The first-order valence-electron chi connectivity index (χ1n) is 4.64. The molecule has 0 aliphatic rings. The van der Waals surface area contributed by atoms with Crippen LogP contribution >= 0.6 is 11.3 Å². The van der Waals surface area contributed by atoms with Crippen molar-refractivity contribution in [3.8, 4) is 0 Å². The highest BCUT2D eigenvalue weighted by atomic mass is 32.2. The number of nitrogens with one attached hydrogen (secondary N) is 2. The standard InChI is InChI=1S/C8H10N4O3S2/c1-9-17(13,14)7-3-2-6(15-7)4-10-8-12-11-5-16-8/h2-3,5,9H,4H2,1H3,(H,10,12). The molecule has 0 aliphatic carbocycles. The Hall–Kier alpha value is -1.45. The van der Waals surface area contributed by atoms with Crippen LogP contribution in [-0.4, -0.2) is 25.7 Å². The summed E-state index contributed by atoms with van der Waals surface area (Å²) in [6.07, 6.45) is 0. The Bertz CT molecular complexity index is 576. The average molecular weight is 274 g/mol. The molecule has 2 rings (SSSR count). The van der Waals surface area contributed by atoms with Crippen LogP contribution < -0.4 is 10.0 Å². The fraction of sp³-hybridized carbons (Fsp3) is 0.250. The Balaban J connectivity index is 2.04. The fourth-order valence-electron chi connectivity index (χ4n) is 1.11. The molecule has 0 unspecified atom stereocenters. The summed E-state index contributed by atoms with van der Waals surface area (Å²) in [7, 11) is -2.19. The van der Waals surface area contributed by atoms with Gasteiger partial charge in [0, 0.05) is 0 Å². The Morgan fingerprint density at radius 2 is 2.29 bits per heavy atom. The maximum absolute atomic E-state index is 11.4. The molecular weight excluding hydrogens is 264 g/mol. The number of hydrogen-bond acceptors (Lipinski definition) is 7. The summed E-state index contributed by atoms with van der Waals surface area (Å²) in [4.78, 5) is 0. The van der Waals surface area contributed by atoms with E-state index in [1.807, 2.05) is 0 Å². The predicted molar refractivity (Wildman–Crippen MR) is 62.2 cm³/mol. The Morgan fingerprint density at radius 1 is 1.47 bits per heavy atom. The van der Waals surface area contributed by atoms with Gasteiger partial charge in [0.2, 0.25) is 10.2 Å². The summed E-state index contributed by atoms with van der Waals surface area (Å²) in [5.74, 6) is 0.508. The lowest BCUT2D eigenvalue weighted by Crippen LogP contribution is -2.17. The molecule has 0 aliphatic heterocycles. The van der Waals surface area contributed by atoms with E-state index in [-0.39, 0.29) is 5.09 Å². The number of anilines is 1. The molecule has 17 heavy (non-hydrogen) atoms. The van der Waals surface area contributed by atoms with Crippen LogP contribution in [-0.2, 0) is 16.6 Å². The summed E-state index contributed by atoms with van der Waals surface area (Å²) in [5, 5.41) is 11.0. The molecule has 2 N–H and O–H groups in total. The first kappa shape index (κ1) is 12.0. The molecular formula is C8H10N4O3S2. The summed E-state index contributed by atoms with van der Waals surface area (Å²) >= 11 is 1.35. The highest BCUT2D eigenvalue weighted by Crippen LogP contribution is 2.15. The Labute approximate surface area is 102 Å². The molecule has 0 saturated carbocycles. The third-order valence-corrected chi connectivity index (χ3v) is 3.88. The number of sulfonamides is 1. The zero-order valence-corrected chi connectivity index (χ0v) is 10.5. The first-order valence-corrected chi connectivity index (χ1v) is 7.00. The molecule has 0 aromatic carbocycles. The van der Waals surface area contributed by atoms with Crippen LogP contribution in [0.25, 0.3) is 0 Å². The second kappa shape index (κ2) is 4.82. The average Bonchev–Trinajstić information content (AvgIpc) is 2.97. The molecule has 9 heteroatoms. The largest absolute Gasteiger partial charge is 0.446 e. The number of hydrogen-bond donors (Lipinski definition) is 2. The van der Waals surface area contributed by atoms with E-state index in [0.717, 1.165) is 0 Å². The van der Waals surface area contributed by atoms with Gasteiger partial charge in [-0.15, -0.1) is 10.2 Å². The summed E-state index contributed by atoms with van der Waals surface area (Å²) in [5.41, 5.74) is 1.60. The van der Waals surface area contributed by atoms with Crippen LogP contribution in [0.3, 0.4) is 0 Å². The van der Waals surface area contributed by atoms with E-state index in [9.17, 15) is 8.42 Å². The van der Waals surface area contributed by atoms with Gasteiger partial charge >= 0.3 is 0 Å². The number of rotatable bonds is 5. The van der Waals surface area contributed by atoms with Gasteiger partial charge in [-0.1, -0.05) is 11.3 Å². The Morgan fingerprint density at radius 3 is 2.94 bits per heavy atom. The number of nitrogens with zero attached hydrogens (tertiary/aromatic N) is 2. The van der Waals surface area contributed by atoms with Crippen LogP contribution in [0.5, 0.6) is 0 Å². The molecule has 0 atom stereocenters. The third-order valence-electron chi connectivity index (χ3n) is 1.94. The van der Waals surface area contributed by atoms with Gasteiger partial charge in [0.25, 0.3) is 10.0 Å². The fourth-order valence-corrected chi connectivity index (χ4v) is 2.22. The number of aromatic nitrogens is 2. The van der Waals surface area contributed by atoms with Gasteiger partial charge in [-0.25, -0.2) is 13.1 Å². The van der Waals surface area contributed by atoms with Crippen molar-refractivity contribution in [3.05, 3.63) is 23.4 Å². The molecule has 2 aromatic rings. The molecule has 7 nitrogen and oxygen atoms in total. The van der Waals surface area contributed by atoms with E-state index in [1.165, 1.54) is 24.5 Å². The summed E-state index contributed by atoms with van der Waals surface area (Å²) in [6.45, 7) is 0.356. The zero-order valence-electron chi connectivity index (χ0n) is 8.87. The maximum Gasteiger partial charge on any atom is 0.273 e. The van der Waals surface area contributed by atoms with Crippen LogP contribution in [0, 0.1) is 0 Å². The van der Waals surface area contributed by atoms with E-state index in [1.54, 1.807) is 11.6 Å². The molecule has 2 heterocycles. The summed E-state index contributed by atoms with van der Waals surface area (Å²) < 4.78 is 30.2. The predicted octanol–water partition coefficient (Wildman–Crippen LogP) is 0.651. The quantitative estimate of drug-likeness (QED) is 0.831. The molecule has 0 amide bonds. The smallest absolute Gasteiger partial charge is 0.273 e. The van der Waals surface area contributed by atoms with Crippen molar-refractivity contribution in [3.63, 3.8) is 0 Å². The van der Waals surface area contributed by atoms with Crippen LogP contribution in [0.1, 0.15) is 5.76 Å². The first-order chi connectivity index (χ1) is 8.12. The van der Waals surface area contributed by atoms with Gasteiger partial charge in [-0.2, -0.15) is 0 Å². The van der Waals surface area contributed by atoms with E-state index >= 15 is 0 Å². The number of furan rings is 1. The van der Waals surface area contributed by atoms with Crippen LogP contribution in [0.4, 0.5) is 5.13 Å². The van der Waals surface area contributed by atoms with E-state index in [2.05, 4.69) is 20.2 Å². The monoisotopic (exact) mass is 274 g/mol. The normalized spacial score (nSPS) is 11.6. The van der Waals surface area contributed by atoms with E-state index < -0.39 is 10.0 Å². The van der Waals surface area contributed by atoms with Gasteiger partial charge in [0.05, 0.1) is 6.54 Å². The van der Waals surface area contributed by atoms with E-state index in [0.29, 0.717) is 17.4 Å². The lowest BCUT2D eigenvalue weighted by atomic mass is 10.4. The van der Waals surface area contributed by atoms with Crippen molar-refractivity contribution in [2.24, 2.45) is 0 Å². The molecule has 0 radical (unpaired) electrons. The van der Waals surface area contributed by atoms with E-state index in [4.69, 9.17) is 4.42 Å². The van der Waals surface area contributed by atoms with Crippen molar-refractivity contribution in [1.82, 2.24) is 14.9 Å². The van der Waals surface area contributed by atoms with Gasteiger partial charge < -0.3 is 9.73 Å². The minimum absolute atomic E-state index is 0.103. The van der Waals surface area contributed by atoms with Crippen molar-refractivity contribution in [1.29, 1.82) is 0 Å². The lowest BCUT2D eigenvalue weighted by Gasteiger charge is -1.99. The van der Waals surface area contributed by atoms with Crippen molar-refractivity contribution in [2.45, 2.75) is 11.6 Å². The molecule has 92 valence electrons. The van der Waals surface area contributed by atoms with Gasteiger partial charge in [-0.3, -0.25) is 0 Å². The van der Waals surface area contributed by atoms with Crippen LogP contribution in [0.15, 0.2) is 27.2 Å². The SMILES string of the molecule is CNS(=O)(=O)c1ccc(CNc2nncs2)o1. The highest BCUT2D eigenvalue weighted by Gasteiger charge is 2.16. The molecule has 0 saturated heterocycles. The second-order valence-electron chi connectivity index (χ2n) is 3.03. The minimum atomic E-state index is -3.52. The lowest BCUT2D eigenvalue weighted by molar-refractivity contribution is 0.417.